The van der Waals surface area contributed by atoms with E-state index in [0.29, 0.717) is 6.04 Å². The third-order valence-electron chi connectivity index (χ3n) is 2.92. The smallest absolute Gasteiger partial charge is 0.326 e. The molecule has 0 aromatic carbocycles. The molecule has 1 unspecified atom stereocenters. The average Bonchev–Trinajstić information content (AvgIpc) is 2.09. The second kappa shape index (κ2) is 4.09. The summed E-state index contributed by atoms with van der Waals surface area (Å²) in [7, 11) is 1.46. The lowest BCUT2D eigenvalue weighted by Crippen LogP contribution is -2.60. The number of methoxy groups -OCH3 is 1. The first-order chi connectivity index (χ1) is 6.14. The number of rotatable bonds is 4. The zero-order valence-electron chi connectivity index (χ0n) is 8.72. The van der Waals surface area contributed by atoms with Crippen LogP contribution < -0.4 is 5.32 Å². The van der Waals surface area contributed by atoms with E-state index in [4.69, 9.17) is 4.74 Å². The summed E-state index contributed by atoms with van der Waals surface area (Å²) in [6.45, 7) is 4.21. The topological polar surface area (TPSA) is 38.3 Å². The molecule has 0 aliphatic heterocycles. The van der Waals surface area contributed by atoms with Crippen molar-refractivity contribution in [3.8, 4) is 0 Å². The molecule has 1 fully saturated rings. The van der Waals surface area contributed by atoms with Crippen LogP contribution in [0.1, 0.15) is 39.5 Å². The molecule has 13 heavy (non-hydrogen) atoms. The fourth-order valence-corrected chi connectivity index (χ4v) is 1.71. The van der Waals surface area contributed by atoms with Gasteiger partial charge in [-0.1, -0.05) is 6.92 Å². The lowest BCUT2D eigenvalue weighted by Gasteiger charge is -2.41. The SMILES string of the molecule is CCC(C)NC1(C(=O)OC)CCC1. The normalized spacial score (nSPS) is 21.8. The molecule has 0 radical (unpaired) electrons. The van der Waals surface area contributed by atoms with Crippen molar-refractivity contribution in [2.75, 3.05) is 7.11 Å². The van der Waals surface area contributed by atoms with Crippen molar-refractivity contribution >= 4 is 5.97 Å². The highest BCUT2D eigenvalue weighted by Gasteiger charge is 2.45. The third-order valence-corrected chi connectivity index (χ3v) is 2.92. The molecule has 76 valence electrons. The number of hydrogen-bond acceptors (Lipinski definition) is 3. The molecule has 1 aliphatic carbocycles. The Labute approximate surface area is 79.8 Å². The van der Waals surface area contributed by atoms with Gasteiger partial charge >= 0.3 is 5.97 Å². The summed E-state index contributed by atoms with van der Waals surface area (Å²) in [5.74, 6) is -0.0981. The van der Waals surface area contributed by atoms with Crippen LogP contribution >= 0.6 is 0 Å². The first kappa shape index (κ1) is 10.5. The van der Waals surface area contributed by atoms with Gasteiger partial charge in [0, 0.05) is 6.04 Å². The van der Waals surface area contributed by atoms with Crippen LogP contribution in [0, 0.1) is 0 Å². The Bertz CT molecular complexity index is 187. The molecule has 0 spiro atoms. The number of hydrogen-bond donors (Lipinski definition) is 1. The third kappa shape index (κ3) is 2.02. The molecule has 1 aliphatic rings. The summed E-state index contributed by atoms with van der Waals surface area (Å²) in [5, 5.41) is 3.36. The van der Waals surface area contributed by atoms with Gasteiger partial charge in [-0.25, -0.2) is 0 Å². The number of nitrogens with one attached hydrogen (secondary N) is 1. The maximum absolute atomic E-state index is 11.5. The number of ether oxygens (including phenoxy) is 1. The molecule has 0 aromatic heterocycles. The minimum Gasteiger partial charge on any atom is -0.468 e. The Morgan fingerprint density at radius 2 is 2.23 bits per heavy atom. The second-order valence-corrected chi connectivity index (χ2v) is 3.88. The van der Waals surface area contributed by atoms with Crippen LogP contribution in [0.3, 0.4) is 0 Å². The predicted octanol–water partition coefficient (Wildman–Crippen LogP) is 1.47. The summed E-state index contributed by atoms with van der Waals surface area (Å²) >= 11 is 0. The van der Waals surface area contributed by atoms with Crippen LogP contribution in [0.2, 0.25) is 0 Å². The van der Waals surface area contributed by atoms with Gasteiger partial charge in [-0.05, 0) is 32.6 Å². The molecule has 3 heteroatoms. The molecular weight excluding hydrogens is 166 g/mol. The van der Waals surface area contributed by atoms with E-state index in [-0.39, 0.29) is 11.5 Å². The zero-order valence-corrected chi connectivity index (χ0v) is 8.72. The van der Waals surface area contributed by atoms with Gasteiger partial charge in [0.05, 0.1) is 7.11 Å². The molecule has 0 amide bonds. The Kier molecular flexibility index (Phi) is 3.31. The van der Waals surface area contributed by atoms with Crippen LogP contribution in [-0.4, -0.2) is 24.7 Å². The van der Waals surface area contributed by atoms with Crippen LogP contribution in [0.25, 0.3) is 0 Å². The van der Waals surface area contributed by atoms with E-state index in [0.717, 1.165) is 25.7 Å². The summed E-state index contributed by atoms with van der Waals surface area (Å²) in [6.07, 6.45) is 4.01. The van der Waals surface area contributed by atoms with Crippen LogP contribution in [-0.2, 0) is 9.53 Å². The molecular formula is C10H19NO2. The highest BCUT2D eigenvalue weighted by atomic mass is 16.5. The van der Waals surface area contributed by atoms with Gasteiger partial charge in [0.15, 0.2) is 0 Å². The monoisotopic (exact) mass is 185 g/mol. The quantitative estimate of drug-likeness (QED) is 0.674. The fourth-order valence-electron chi connectivity index (χ4n) is 1.71. The molecule has 1 N–H and O–H groups in total. The molecule has 1 atom stereocenters. The molecule has 1 rings (SSSR count). The van der Waals surface area contributed by atoms with E-state index in [2.05, 4.69) is 19.2 Å². The number of esters is 1. The molecule has 3 nitrogen and oxygen atoms in total. The van der Waals surface area contributed by atoms with Crippen LogP contribution in [0.4, 0.5) is 0 Å². The van der Waals surface area contributed by atoms with E-state index in [1.807, 2.05) is 0 Å². The second-order valence-electron chi connectivity index (χ2n) is 3.88. The minimum atomic E-state index is -0.357. The van der Waals surface area contributed by atoms with Gasteiger partial charge < -0.3 is 4.74 Å². The van der Waals surface area contributed by atoms with Gasteiger partial charge in [0.25, 0.3) is 0 Å². The van der Waals surface area contributed by atoms with Crippen molar-refractivity contribution in [3.63, 3.8) is 0 Å². The van der Waals surface area contributed by atoms with Crippen molar-refractivity contribution in [1.82, 2.24) is 5.32 Å². The van der Waals surface area contributed by atoms with E-state index in [1.54, 1.807) is 0 Å². The number of carbonyl (C=O) groups excluding carboxylic acids is 1. The first-order valence-electron chi connectivity index (χ1n) is 5.00. The van der Waals surface area contributed by atoms with Crippen molar-refractivity contribution in [1.29, 1.82) is 0 Å². The highest BCUT2D eigenvalue weighted by Crippen LogP contribution is 2.33. The van der Waals surface area contributed by atoms with Gasteiger partial charge in [-0.15, -0.1) is 0 Å². The Morgan fingerprint density at radius 1 is 1.62 bits per heavy atom. The van der Waals surface area contributed by atoms with Gasteiger partial charge in [-0.3, -0.25) is 10.1 Å². The van der Waals surface area contributed by atoms with Crippen molar-refractivity contribution < 1.29 is 9.53 Å². The largest absolute Gasteiger partial charge is 0.468 e. The van der Waals surface area contributed by atoms with Gasteiger partial charge in [-0.2, -0.15) is 0 Å². The van der Waals surface area contributed by atoms with E-state index >= 15 is 0 Å². The molecule has 0 aromatic rings. The van der Waals surface area contributed by atoms with Gasteiger partial charge in [0.1, 0.15) is 5.54 Å². The van der Waals surface area contributed by atoms with Crippen molar-refractivity contribution in [2.45, 2.75) is 51.1 Å². The first-order valence-corrected chi connectivity index (χ1v) is 5.00. The summed E-state index contributed by atoms with van der Waals surface area (Å²) < 4.78 is 4.80. The Hall–Kier alpha value is -0.570. The van der Waals surface area contributed by atoms with Crippen LogP contribution in [0.15, 0.2) is 0 Å². The molecule has 0 saturated heterocycles. The average molecular weight is 185 g/mol. The molecule has 0 heterocycles. The highest BCUT2D eigenvalue weighted by molar-refractivity contribution is 5.81. The van der Waals surface area contributed by atoms with E-state index < -0.39 is 0 Å². The summed E-state index contributed by atoms with van der Waals surface area (Å²) in [4.78, 5) is 11.5. The standard InChI is InChI=1S/C10H19NO2/c1-4-8(2)11-10(6-5-7-10)9(12)13-3/h8,11H,4-7H2,1-3H3. The fraction of sp³-hybridized carbons (Fsp3) is 0.900. The predicted molar refractivity (Wildman–Crippen MR) is 51.5 cm³/mol. The van der Waals surface area contributed by atoms with Crippen molar-refractivity contribution in [2.24, 2.45) is 0 Å². The Morgan fingerprint density at radius 3 is 2.54 bits per heavy atom. The summed E-state index contributed by atoms with van der Waals surface area (Å²) in [6, 6.07) is 0.388. The van der Waals surface area contributed by atoms with E-state index in [1.165, 1.54) is 7.11 Å². The minimum absolute atomic E-state index is 0.0981. The zero-order chi connectivity index (χ0) is 9.90. The summed E-state index contributed by atoms with van der Waals surface area (Å²) in [5.41, 5.74) is -0.357. The lowest BCUT2D eigenvalue weighted by molar-refractivity contribution is -0.153. The lowest BCUT2D eigenvalue weighted by atomic mass is 9.76. The van der Waals surface area contributed by atoms with Crippen LogP contribution in [0.5, 0.6) is 0 Å². The maximum Gasteiger partial charge on any atom is 0.326 e. The van der Waals surface area contributed by atoms with E-state index in [9.17, 15) is 4.79 Å². The Balaban J connectivity index is 2.54. The maximum atomic E-state index is 11.5. The molecule has 0 bridgehead atoms. The number of carbonyl (C=O) groups is 1. The van der Waals surface area contributed by atoms with Crippen molar-refractivity contribution in [3.05, 3.63) is 0 Å². The molecule has 1 saturated carbocycles. The van der Waals surface area contributed by atoms with Gasteiger partial charge in [0.2, 0.25) is 0 Å².